The normalized spacial score (nSPS) is 17.5. The SMILES string of the molecule is C#CCNC1=NC(=O)S/C1=C\C1CCN(Cc2ccc(OC)cc2C(F)(F)F)CC1.O=C(O)/C=C\C(=O)O. The number of terminal acetylenes is 1. The quantitative estimate of drug-likeness (QED) is 0.339. The number of carboxylic acids is 2. The molecule has 9 nitrogen and oxygen atoms in total. The number of rotatable bonds is 7. The van der Waals surface area contributed by atoms with Crippen molar-refractivity contribution in [1.82, 2.24) is 10.2 Å². The number of amidine groups is 1. The number of nitrogens with one attached hydrogen (secondary N) is 1. The highest BCUT2D eigenvalue weighted by molar-refractivity contribution is 8.18. The van der Waals surface area contributed by atoms with Crippen molar-refractivity contribution in [1.29, 1.82) is 0 Å². The van der Waals surface area contributed by atoms with Gasteiger partial charge in [-0.05, 0) is 61.3 Å². The van der Waals surface area contributed by atoms with Gasteiger partial charge in [0, 0.05) is 18.7 Å². The van der Waals surface area contributed by atoms with Gasteiger partial charge in [-0.3, -0.25) is 9.69 Å². The number of carbonyl (C=O) groups is 3. The average Bonchev–Trinajstić information content (AvgIpc) is 3.21. The van der Waals surface area contributed by atoms with Crippen molar-refractivity contribution < 1.29 is 42.5 Å². The first-order valence-electron chi connectivity index (χ1n) is 11.2. The number of allylic oxidation sites excluding steroid dienone is 1. The predicted octanol–water partition coefficient (Wildman–Crippen LogP) is 4.01. The molecule has 0 saturated carbocycles. The summed E-state index contributed by atoms with van der Waals surface area (Å²) >= 11 is 1.07. The number of likely N-dealkylation sites (tertiary alicyclic amines) is 1. The Hall–Kier alpha value is -3.76. The number of aliphatic imine (C=N–C) groups is 1. The molecule has 1 amide bonds. The summed E-state index contributed by atoms with van der Waals surface area (Å²) in [7, 11) is 1.35. The Morgan fingerprint density at radius 2 is 1.89 bits per heavy atom. The number of carbonyl (C=O) groups excluding carboxylic acids is 1. The van der Waals surface area contributed by atoms with Gasteiger partial charge in [0.15, 0.2) is 0 Å². The molecular weight excluding hydrogens is 527 g/mol. The maximum atomic E-state index is 13.4. The van der Waals surface area contributed by atoms with Gasteiger partial charge in [-0.15, -0.1) is 6.42 Å². The Morgan fingerprint density at radius 3 is 2.42 bits per heavy atom. The monoisotopic (exact) mass is 553 g/mol. The van der Waals surface area contributed by atoms with Crippen molar-refractivity contribution in [2.45, 2.75) is 25.6 Å². The number of carboxylic acid groups (broad SMARTS) is 2. The highest BCUT2D eigenvalue weighted by Gasteiger charge is 2.34. The topological polar surface area (TPSA) is 129 Å². The van der Waals surface area contributed by atoms with E-state index in [1.807, 2.05) is 11.0 Å². The zero-order valence-electron chi connectivity index (χ0n) is 20.3. The molecule has 3 N–H and O–H groups in total. The maximum Gasteiger partial charge on any atom is 0.416 e. The largest absolute Gasteiger partial charge is 0.497 e. The van der Waals surface area contributed by atoms with Crippen molar-refractivity contribution in [2.24, 2.45) is 10.9 Å². The van der Waals surface area contributed by atoms with Gasteiger partial charge in [0.1, 0.15) is 11.6 Å². The Kier molecular flexibility index (Phi) is 11.4. The summed E-state index contributed by atoms with van der Waals surface area (Å²) in [5, 5.41) is 18.3. The summed E-state index contributed by atoms with van der Waals surface area (Å²) < 4.78 is 45.2. The third-order valence-electron chi connectivity index (χ3n) is 5.40. The van der Waals surface area contributed by atoms with Crippen LogP contribution < -0.4 is 10.1 Å². The van der Waals surface area contributed by atoms with Gasteiger partial charge in [0.25, 0.3) is 0 Å². The predicted molar refractivity (Wildman–Crippen MR) is 136 cm³/mol. The summed E-state index contributed by atoms with van der Waals surface area (Å²) in [4.78, 5) is 37.4. The molecular formula is C25H26F3N3O6S. The summed E-state index contributed by atoms with van der Waals surface area (Å²) in [5.41, 5.74) is -0.419. The third kappa shape index (κ3) is 9.95. The van der Waals surface area contributed by atoms with Crippen molar-refractivity contribution in [3.8, 4) is 18.1 Å². The lowest BCUT2D eigenvalue weighted by atomic mass is 9.95. The second kappa shape index (κ2) is 14.3. The Balaban J connectivity index is 0.000000550. The summed E-state index contributed by atoms with van der Waals surface area (Å²) in [6.07, 6.45) is 5.52. The van der Waals surface area contributed by atoms with Crippen molar-refractivity contribution >= 4 is 34.8 Å². The van der Waals surface area contributed by atoms with E-state index >= 15 is 0 Å². The van der Waals surface area contributed by atoms with Crippen LogP contribution in [-0.4, -0.2) is 64.9 Å². The van der Waals surface area contributed by atoms with E-state index in [2.05, 4.69) is 16.2 Å². The standard InChI is InChI=1S/C21H22F3N3O2S.C4H4O4/c1-3-8-25-19-18(30-20(28)26-19)11-14-6-9-27(10-7-14)13-15-4-5-16(29-2)12-17(15)21(22,23)24;5-3(6)1-2-4(7)8/h1,4-5,11-12,14H,6-10,13H2,2H3,(H,25,26,28);1-2H,(H,5,6)(H,7,8)/b18-11-;2-1-. The molecule has 0 radical (unpaired) electrons. The number of piperidine rings is 1. The van der Waals surface area contributed by atoms with Crippen molar-refractivity contribution in [3.05, 3.63) is 52.5 Å². The minimum absolute atomic E-state index is 0.191. The molecule has 0 unspecified atom stereocenters. The number of methoxy groups -OCH3 is 1. The lowest BCUT2D eigenvalue weighted by molar-refractivity contribution is -0.138. The number of aliphatic carboxylic acids is 2. The molecule has 0 aliphatic carbocycles. The molecule has 1 fully saturated rings. The molecule has 2 aliphatic rings. The number of alkyl halides is 3. The highest BCUT2D eigenvalue weighted by atomic mass is 32.2. The first-order chi connectivity index (χ1) is 17.9. The molecule has 13 heteroatoms. The van der Waals surface area contributed by atoms with Gasteiger partial charge in [0.2, 0.25) is 0 Å². The number of halogens is 3. The molecule has 1 saturated heterocycles. The summed E-state index contributed by atoms with van der Waals surface area (Å²) in [6, 6.07) is 4.08. The molecule has 1 aromatic carbocycles. The van der Waals surface area contributed by atoms with Crippen LogP contribution in [0.1, 0.15) is 24.0 Å². The maximum absolute atomic E-state index is 13.4. The Labute approximate surface area is 221 Å². The van der Waals surface area contributed by atoms with Crippen LogP contribution in [-0.2, 0) is 22.3 Å². The minimum atomic E-state index is -4.43. The summed E-state index contributed by atoms with van der Waals surface area (Å²) in [6.45, 7) is 1.85. The molecule has 0 bridgehead atoms. The van der Waals surface area contributed by atoms with E-state index < -0.39 is 23.7 Å². The first-order valence-corrected chi connectivity index (χ1v) is 12.0. The number of thioether (sulfide) groups is 1. The molecule has 0 aromatic heterocycles. The molecule has 204 valence electrons. The van der Waals surface area contributed by atoms with Gasteiger partial charge in [-0.25, -0.2) is 9.59 Å². The number of nitrogens with zero attached hydrogens (tertiary/aromatic N) is 2. The van der Waals surface area contributed by atoms with Crippen molar-refractivity contribution in [2.75, 3.05) is 26.7 Å². The molecule has 0 spiro atoms. The van der Waals surface area contributed by atoms with Gasteiger partial charge >= 0.3 is 23.4 Å². The summed E-state index contributed by atoms with van der Waals surface area (Å²) in [5.74, 6) is 0.853. The van der Waals surface area contributed by atoms with Crippen LogP contribution in [0.4, 0.5) is 18.0 Å². The molecule has 3 rings (SSSR count). The van der Waals surface area contributed by atoms with Gasteiger partial charge in [0.05, 0.1) is 24.1 Å². The van der Waals surface area contributed by atoms with Crippen LogP contribution in [0, 0.1) is 18.3 Å². The minimum Gasteiger partial charge on any atom is -0.497 e. The van der Waals surface area contributed by atoms with E-state index in [4.69, 9.17) is 21.4 Å². The smallest absolute Gasteiger partial charge is 0.416 e. The van der Waals surface area contributed by atoms with Crippen molar-refractivity contribution in [3.63, 3.8) is 0 Å². The van der Waals surface area contributed by atoms with Crippen LogP contribution in [0.5, 0.6) is 5.75 Å². The lowest BCUT2D eigenvalue weighted by Gasteiger charge is -2.31. The zero-order valence-corrected chi connectivity index (χ0v) is 21.1. The Morgan fingerprint density at radius 1 is 1.26 bits per heavy atom. The zero-order chi connectivity index (χ0) is 28.3. The van der Waals surface area contributed by atoms with Gasteiger partial charge < -0.3 is 20.3 Å². The molecule has 0 atom stereocenters. The van der Waals surface area contributed by atoms with E-state index in [1.165, 1.54) is 13.2 Å². The van der Waals surface area contributed by atoms with Crippen LogP contribution in [0.25, 0.3) is 0 Å². The molecule has 1 aromatic rings. The second-order valence-corrected chi connectivity index (χ2v) is 9.05. The molecule has 38 heavy (non-hydrogen) atoms. The van der Waals surface area contributed by atoms with Gasteiger partial charge in [-0.1, -0.05) is 18.1 Å². The van der Waals surface area contributed by atoms with E-state index in [0.717, 1.165) is 35.6 Å². The molecule has 2 aliphatic heterocycles. The van der Waals surface area contributed by atoms with Crippen LogP contribution >= 0.6 is 11.8 Å². The number of hydrogen-bond donors (Lipinski definition) is 3. The number of ether oxygens (including phenoxy) is 1. The fourth-order valence-corrected chi connectivity index (χ4v) is 4.45. The number of amides is 1. The van der Waals surface area contributed by atoms with Gasteiger partial charge in [-0.2, -0.15) is 18.2 Å². The second-order valence-electron chi connectivity index (χ2n) is 8.06. The number of hydrogen-bond acceptors (Lipinski definition) is 7. The lowest BCUT2D eigenvalue weighted by Crippen LogP contribution is -2.33. The fourth-order valence-electron chi connectivity index (χ4n) is 3.65. The van der Waals surface area contributed by atoms with E-state index in [-0.39, 0.29) is 35.6 Å². The fraction of sp³-hybridized carbons (Fsp3) is 0.360. The van der Waals surface area contributed by atoms with Crippen LogP contribution in [0.2, 0.25) is 0 Å². The van der Waals surface area contributed by atoms with E-state index in [0.29, 0.717) is 31.1 Å². The molecule has 2 heterocycles. The Bertz CT molecular complexity index is 1150. The van der Waals surface area contributed by atoms with Crippen LogP contribution in [0.3, 0.4) is 0 Å². The highest BCUT2D eigenvalue weighted by Crippen LogP contribution is 2.36. The van der Waals surface area contributed by atoms with E-state index in [9.17, 15) is 27.6 Å². The number of benzene rings is 1. The van der Waals surface area contributed by atoms with E-state index in [1.54, 1.807) is 6.07 Å². The average molecular weight is 554 g/mol. The first kappa shape index (κ1) is 30.5. The van der Waals surface area contributed by atoms with Crippen LogP contribution in [0.15, 0.2) is 46.3 Å². The third-order valence-corrected chi connectivity index (χ3v) is 6.21.